The van der Waals surface area contributed by atoms with Gasteiger partial charge in [0.25, 0.3) is 0 Å². The second kappa shape index (κ2) is 6.78. The van der Waals surface area contributed by atoms with Crippen molar-refractivity contribution in [3.05, 3.63) is 34.1 Å². The summed E-state index contributed by atoms with van der Waals surface area (Å²) in [5.41, 5.74) is 6.25. The highest BCUT2D eigenvalue weighted by Gasteiger charge is 2.34. The Morgan fingerprint density at radius 1 is 1.39 bits per heavy atom. The molecule has 102 valence electrons. The Morgan fingerprint density at radius 3 is 2.39 bits per heavy atom. The topological polar surface area (TPSA) is 61.5 Å². The van der Waals surface area contributed by atoms with Crippen LogP contribution in [0.25, 0.3) is 0 Å². The maximum Gasteiger partial charge on any atom is 0.351 e. The number of hydrogen-bond acceptors (Lipinski definition) is 4. The number of hydrogen-bond donors (Lipinski definition) is 1. The number of halogens is 2. The molecule has 0 aliphatic rings. The lowest BCUT2D eigenvalue weighted by atomic mass is 10.2. The van der Waals surface area contributed by atoms with Crippen LogP contribution >= 0.6 is 23.5 Å². The maximum absolute atomic E-state index is 13.4. The second-order valence-corrected chi connectivity index (χ2v) is 6.50. The van der Waals surface area contributed by atoms with E-state index in [9.17, 15) is 8.96 Å². The summed E-state index contributed by atoms with van der Waals surface area (Å²) in [6.07, 6.45) is 0. The van der Waals surface area contributed by atoms with Crippen molar-refractivity contribution >= 4 is 23.5 Å². The highest BCUT2D eigenvalue weighted by Crippen LogP contribution is 2.58. The molecule has 18 heavy (non-hydrogen) atoms. The van der Waals surface area contributed by atoms with Gasteiger partial charge in [0.05, 0.1) is 17.7 Å². The van der Waals surface area contributed by atoms with E-state index in [-0.39, 0.29) is 13.2 Å². The molecule has 2 N–H and O–H groups in total. The number of nitrogens with two attached hydrogens (primary N) is 1. The first kappa shape index (κ1) is 15.8. The largest absolute Gasteiger partial charge is 0.351 e. The van der Waals surface area contributed by atoms with Gasteiger partial charge in [-0.05, 0) is 47.5 Å². The molecule has 1 aromatic carbocycles. The van der Waals surface area contributed by atoms with Crippen LogP contribution in [0.5, 0.6) is 0 Å². The average Bonchev–Trinajstić information content (AvgIpc) is 2.32. The average molecular weight is 340 g/mol. The lowest BCUT2D eigenvalue weighted by Crippen LogP contribution is -2.15. The molecule has 7 heteroatoms. The van der Waals surface area contributed by atoms with Crippen LogP contribution < -0.4 is 5.73 Å². The zero-order valence-electron chi connectivity index (χ0n) is 10.2. The SMILES string of the molecule is CCOP(=O)(OCC)[C@@H](N)c1ccc(Br)c(F)c1. The van der Waals surface area contributed by atoms with E-state index in [0.717, 1.165) is 0 Å². The standard InChI is InChI=1S/C11H16BrFNO3P/c1-3-16-18(15,17-4-2)11(14)8-5-6-9(12)10(13)7-8/h5-7,11H,3-4,14H2,1-2H3/t11-/m1/s1. The summed E-state index contributed by atoms with van der Waals surface area (Å²) in [6, 6.07) is 4.31. The molecule has 0 bridgehead atoms. The minimum Gasteiger partial charge on any atom is -0.314 e. The van der Waals surface area contributed by atoms with Gasteiger partial charge in [0.15, 0.2) is 0 Å². The minimum absolute atomic E-state index is 0.212. The predicted octanol–water partition coefficient (Wildman–Crippen LogP) is 3.81. The van der Waals surface area contributed by atoms with Gasteiger partial charge in [-0.2, -0.15) is 0 Å². The van der Waals surface area contributed by atoms with E-state index in [0.29, 0.717) is 10.0 Å². The Kier molecular flexibility index (Phi) is 5.95. The third-order valence-corrected chi connectivity index (χ3v) is 5.10. The molecule has 1 rings (SSSR count). The molecule has 1 atom stereocenters. The van der Waals surface area contributed by atoms with E-state index in [1.54, 1.807) is 19.9 Å². The van der Waals surface area contributed by atoms with E-state index in [2.05, 4.69) is 15.9 Å². The Balaban J connectivity index is 3.05. The molecule has 0 spiro atoms. The third kappa shape index (κ3) is 3.62. The van der Waals surface area contributed by atoms with Crippen molar-refractivity contribution in [2.45, 2.75) is 19.6 Å². The molecule has 0 aromatic heterocycles. The number of rotatable bonds is 6. The van der Waals surface area contributed by atoms with Crippen molar-refractivity contribution in [1.29, 1.82) is 0 Å². The number of benzene rings is 1. The van der Waals surface area contributed by atoms with Gasteiger partial charge >= 0.3 is 7.60 Å². The fourth-order valence-corrected chi connectivity index (χ4v) is 3.32. The molecular formula is C11H16BrFNO3P. The normalized spacial score (nSPS) is 13.6. The molecule has 0 saturated heterocycles. The van der Waals surface area contributed by atoms with Crippen molar-refractivity contribution in [3.63, 3.8) is 0 Å². The Labute approximate surface area is 114 Å². The van der Waals surface area contributed by atoms with Crippen molar-refractivity contribution < 1.29 is 18.0 Å². The van der Waals surface area contributed by atoms with Crippen LogP contribution in [0.3, 0.4) is 0 Å². The van der Waals surface area contributed by atoms with Crippen LogP contribution in [0.15, 0.2) is 22.7 Å². The van der Waals surface area contributed by atoms with E-state index in [1.165, 1.54) is 12.1 Å². The van der Waals surface area contributed by atoms with E-state index < -0.39 is 19.2 Å². The lowest BCUT2D eigenvalue weighted by molar-refractivity contribution is 0.212. The summed E-state index contributed by atoms with van der Waals surface area (Å²) >= 11 is 3.04. The fourth-order valence-electron chi connectivity index (χ4n) is 1.44. The van der Waals surface area contributed by atoms with Crippen molar-refractivity contribution in [3.8, 4) is 0 Å². The summed E-state index contributed by atoms with van der Waals surface area (Å²) in [4.78, 5) is 0. The van der Waals surface area contributed by atoms with Crippen LogP contribution in [0.4, 0.5) is 4.39 Å². The van der Waals surface area contributed by atoms with Gasteiger partial charge in [0.1, 0.15) is 11.6 Å². The van der Waals surface area contributed by atoms with E-state index in [1.807, 2.05) is 0 Å². The van der Waals surface area contributed by atoms with Crippen LogP contribution in [-0.4, -0.2) is 13.2 Å². The van der Waals surface area contributed by atoms with Gasteiger partial charge in [-0.3, -0.25) is 4.57 Å². The molecule has 0 fully saturated rings. The molecule has 0 radical (unpaired) electrons. The summed E-state index contributed by atoms with van der Waals surface area (Å²) in [7, 11) is -3.47. The van der Waals surface area contributed by atoms with E-state index >= 15 is 0 Å². The van der Waals surface area contributed by atoms with Gasteiger partial charge in [-0.25, -0.2) is 4.39 Å². The zero-order valence-corrected chi connectivity index (χ0v) is 12.7. The Morgan fingerprint density at radius 2 is 1.94 bits per heavy atom. The molecule has 0 saturated carbocycles. The summed E-state index contributed by atoms with van der Waals surface area (Å²) in [6.45, 7) is 3.81. The Hall–Kier alpha value is -0.260. The monoisotopic (exact) mass is 339 g/mol. The van der Waals surface area contributed by atoms with Crippen molar-refractivity contribution in [2.24, 2.45) is 5.73 Å². The first-order chi connectivity index (χ1) is 8.44. The maximum atomic E-state index is 13.4. The van der Waals surface area contributed by atoms with Crippen molar-refractivity contribution in [2.75, 3.05) is 13.2 Å². The van der Waals surface area contributed by atoms with Crippen molar-refractivity contribution in [1.82, 2.24) is 0 Å². The van der Waals surface area contributed by atoms with Gasteiger partial charge < -0.3 is 14.8 Å². The first-order valence-corrected chi connectivity index (χ1v) is 7.94. The molecule has 0 amide bonds. The Bertz CT molecular complexity index is 448. The predicted molar refractivity (Wildman–Crippen MR) is 71.9 cm³/mol. The molecule has 1 aromatic rings. The zero-order chi connectivity index (χ0) is 13.8. The molecular weight excluding hydrogens is 324 g/mol. The van der Waals surface area contributed by atoms with Crippen LogP contribution in [0, 0.1) is 5.82 Å². The first-order valence-electron chi connectivity index (χ1n) is 5.54. The van der Waals surface area contributed by atoms with Crippen LogP contribution in [0.2, 0.25) is 0 Å². The minimum atomic E-state index is -3.47. The van der Waals surface area contributed by atoms with Crippen LogP contribution in [0.1, 0.15) is 25.2 Å². The van der Waals surface area contributed by atoms with E-state index in [4.69, 9.17) is 14.8 Å². The fraction of sp³-hybridized carbons (Fsp3) is 0.455. The summed E-state index contributed by atoms with van der Waals surface area (Å²) < 4.78 is 36.4. The molecule has 0 aliphatic carbocycles. The molecule has 0 unspecified atom stereocenters. The van der Waals surface area contributed by atoms with Gasteiger partial charge in [0.2, 0.25) is 0 Å². The van der Waals surface area contributed by atoms with Gasteiger partial charge in [-0.1, -0.05) is 6.07 Å². The highest BCUT2D eigenvalue weighted by atomic mass is 79.9. The second-order valence-electron chi connectivity index (χ2n) is 3.49. The lowest BCUT2D eigenvalue weighted by Gasteiger charge is -2.23. The van der Waals surface area contributed by atoms with Gasteiger partial charge in [0, 0.05) is 0 Å². The van der Waals surface area contributed by atoms with Crippen LogP contribution in [-0.2, 0) is 13.6 Å². The highest BCUT2D eigenvalue weighted by molar-refractivity contribution is 9.10. The molecule has 4 nitrogen and oxygen atoms in total. The quantitative estimate of drug-likeness (QED) is 0.800. The summed E-state index contributed by atoms with van der Waals surface area (Å²) in [5, 5.41) is 0. The van der Waals surface area contributed by atoms with Gasteiger partial charge in [-0.15, -0.1) is 0 Å². The third-order valence-electron chi connectivity index (χ3n) is 2.24. The molecule has 0 heterocycles. The molecule has 0 aliphatic heterocycles. The smallest absolute Gasteiger partial charge is 0.314 e. The summed E-state index contributed by atoms with van der Waals surface area (Å²) in [5.74, 6) is -1.47.